The quantitative estimate of drug-likeness (QED) is 0.934. The Morgan fingerprint density at radius 2 is 2.30 bits per heavy atom. The monoisotopic (exact) mass is 273 g/mol. The number of aromatic nitrogens is 2. The summed E-state index contributed by atoms with van der Waals surface area (Å²) in [7, 11) is 0. The molecule has 0 spiro atoms. The SMILES string of the molecule is CC(C)N1CCCC(Cc2ncc3cc(O)ccn23)C1. The lowest BCUT2D eigenvalue weighted by molar-refractivity contribution is 0.138. The molecule has 1 aliphatic heterocycles. The number of pyridine rings is 1. The van der Waals surface area contributed by atoms with E-state index in [-0.39, 0.29) is 0 Å². The first-order valence-corrected chi connectivity index (χ1v) is 7.52. The summed E-state index contributed by atoms with van der Waals surface area (Å²) in [6.45, 7) is 6.95. The Bertz CT molecular complexity index is 590. The van der Waals surface area contributed by atoms with Gasteiger partial charge >= 0.3 is 0 Å². The molecule has 20 heavy (non-hydrogen) atoms. The van der Waals surface area contributed by atoms with Crippen LogP contribution >= 0.6 is 0 Å². The standard InChI is InChI=1S/C16H23N3O/c1-12(2)18-6-3-4-13(11-18)8-16-17-10-14-9-15(20)5-7-19(14)16/h5,7,9-10,12-13,20H,3-4,6,8,11H2,1-2H3. The van der Waals surface area contributed by atoms with Crippen LogP contribution in [0, 0.1) is 5.92 Å². The molecule has 1 atom stereocenters. The molecule has 2 aromatic rings. The summed E-state index contributed by atoms with van der Waals surface area (Å²) in [4.78, 5) is 7.10. The minimum Gasteiger partial charge on any atom is -0.508 e. The van der Waals surface area contributed by atoms with Crippen LogP contribution in [0.25, 0.3) is 5.52 Å². The van der Waals surface area contributed by atoms with E-state index in [1.165, 1.54) is 25.9 Å². The number of aromatic hydroxyl groups is 1. The Morgan fingerprint density at radius 1 is 1.45 bits per heavy atom. The van der Waals surface area contributed by atoms with Gasteiger partial charge in [-0.15, -0.1) is 0 Å². The minimum atomic E-state index is 0.299. The molecule has 0 aromatic carbocycles. The van der Waals surface area contributed by atoms with Gasteiger partial charge in [-0.2, -0.15) is 0 Å². The Kier molecular flexibility index (Phi) is 3.66. The smallest absolute Gasteiger partial charge is 0.119 e. The molecule has 1 saturated heterocycles. The summed E-state index contributed by atoms with van der Waals surface area (Å²) in [6, 6.07) is 4.11. The molecule has 1 fully saturated rings. The van der Waals surface area contributed by atoms with Crippen molar-refractivity contribution in [1.29, 1.82) is 0 Å². The van der Waals surface area contributed by atoms with Crippen LogP contribution in [0.3, 0.4) is 0 Å². The van der Waals surface area contributed by atoms with Gasteiger partial charge in [0.1, 0.15) is 11.6 Å². The number of fused-ring (bicyclic) bond motifs is 1. The first-order valence-electron chi connectivity index (χ1n) is 7.52. The summed E-state index contributed by atoms with van der Waals surface area (Å²) >= 11 is 0. The van der Waals surface area contributed by atoms with Crippen LogP contribution in [0.1, 0.15) is 32.5 Å². The van der Waals surface area contributed by atoms with Crippen molar-refractivity contribution in [3.63, 3.8) is 0 Å². The zero-order valence-electron chi connectivity index (χ0n) is 12.3. The molecular weight excluding hydrogens is 250 g/mol. The maximum absolute atomic E-state index is 9.51. The number of hydrogen-bond donors (Lipinski definition) is 1. The van der Waals surface area contributed by atoms with Gasteiger partial charge in [0.2, 0.25) is 0 Å². The van der Waals surface area contributed by atoms with Crippen LogP contribution in [0.4, 0.5) is 0 Å². The van der Waals surface area contributed by atoms with Crippen molar-refractivity contribution < 1.29 is 5.11 Å². The molecule has 4 nitrogen and oxygen atoms in total. The maximum atomic E-state index is 9.51. The van der Waals surface area contributed by atoms with Gasteiger partial charge in [0.05, 0.1) is 11.7 Å². The average Bonchev–Trinajstić information content (AvgIpc) is 2.81. The summed E-state index contributed by atoms with van der Waals surface area (Å²) in [5.41, 5.74) is 0.969. The van der Waals surface area contributed by atoms with E-state index in [1.54, 1.807) is 12.1 Å². The number of nitrogens with zero attached hydrogens (tertiary/aromatic N) is 3. The van der Waals surface area contributed by atoms with Gasteiger partial charge in [-0.1, -0.05) is 0 Å². The van der Waals surface area contributed by atoms with Crippen molar-refractivity contribution in [3.05, 3.63) is 30.4 Å². The highest BCUT2D eigenvalue weighted by atomic mass is 16.3. The molecule has 1 unspecified atom stereocenters. The summed E-state index contributed by atoms with van der Waals surface area (Å²) in [6.07, 6.45) is 7.35. The van der Waals surface area contributed by atoms with E-state index < -0.39 is 0 Å². The fraction of sp³-hybridized carbons (Fsp3) is 0.562. The van der Waals surface area contributed by atoms with Gasteiger partial charge in [0.25, 0.3) is 0 Å². The van der Waals surface area contributed by atoms with Gasteiger partial charge in [0, 0.05) is 31.3 Å². The minimum absolute atomic E-state index is 0.299. The molecular formula is C16H23N3O. The molecule has 0 radical (unpaired) electrons. The molecule has 0 amide bonds. The molecule has 2 aromatic heterocycles. The highest BCUT2D eigenvalue weighted by Gasteiger charge is 2.23. The molecule has 108 valence electrons. The molecule has 0 bridgehead atoms. The van der Waals surface area contributed by atoms with Crippen LogP contribution in [0.2, 0.25) is 0 Å². The van der Waals surface area contributed by atoms with Gasteiger partial charge in [-0.25, -0.2) is 4.98 Å². The Morgan fingerprint density at radius 3 is 3.10 bits per heavy atom. The first-order chi connectivity index (χ1) is 9.63. The van der Waals surface area contributed by atoms with Gasteiger partial charge in [0.15, 0.2) is 0 Å². The lowest BCUT2D eigenvalue weighted by Crippen LogP contribution is -2.40. The molecule has 0 saturated carbocycles. The number of piperidine rings is 1. The van der Waals surface area contributed by atoms with Crippen molar-refractivity contribution in [2.75, 3.05) is 13.1 Å². The lowest BCUT2D eigenvalue weighted by atomic mass is 9.93. The van der Waals surface area contributed by atoms with Gasteiger partial charge in [-0.3, -0.25) is 0 Å². The second-order valence-electron chi connectivity index (χ2n) is 6.16. The molecule has 1 N–H and O–H groups in total. The van der Waals surface area contributed by atoms with E-state index >= 15 is 0 Å². The van der Waals surface area contributed by atoms with E-state index in [0.29, 0.717) is 17.7 Å². The highest BCUT2D eigenvalue weighted by Crippen LogP contribution is 2.23. The van der Waals surface area contributed by atoms with E-state index in [0.717, 1.165) is 17.8 Å². The summed E-state index contributed by atoms with van der Waals surface area (Å²) in [5.74, 6) is 2.09. The lowest BCUT2D eigenvalue weighted by Gasteiger charge is -2.35. The Balaban J connectivity index is 1.76. The van der Waals surface area contributed by atoms with Crippen LogP contribution in [-0.2, 0) is 6.42 Å². The third kappa shape index (κ3) is 2.66. The number of rotatable bonds is 3. The summed E-state index contributed by atoms with van der Waals surface area (Å²) in [5, 5.41) is 9.51. The molecule has 0 aliphatic carbocycles. The predicted molar refractivity (Wildman–Crippen MR) is 80.0 cm³/mol. The van der Waals surface area contributed by atoms with E-state index in [2.05, 4.69) is 28.1 Å². The van der Waals surface area contributed by atoms with Crippen molar-refractivity contribution in [3.8, 4) is 5.75 Å². The second-order valence-corrected chi connectivity index (χ2v) is 6.16. The summed E-state index contributed by atoms with van der Waals surface area (Å²) < 4.78 is 2.09. The van der Waals surface area contributed by atoms with Crippen LogP contribution in [0.5, 0.6) is 5.75 Å². The average molecular weight is 273 g/mol. The van der Waals surface area contributed by atoms with E-state index in [4.69, 9.17) is 0 Å². The van der Waals surface area contributed by atoms with Gasteiger partial charge < -0.3 is 14.4 Å². The van der Waals surface area contributed by atoms with Crippen LogP contribution in [-0.4, -0.2) is 38.5 Å². The molecule has 4 heteroatoms. The van der Waals surface area contributed by atoms with E-state index in [1.807, 2.05) is 12.4 Å². The normalized spacial score (nSPS) is 20.9. The zero-order valence-corrected chi connectivity index (χ0v) is 12.3. The highest BCUT2D eigenvalue weighted by molar-refractivity contribution is 5.50. The first kappa shape index (κ1) is 13.4. The van der Waals surface area contributed by atoms with E-state index in [9.17, 15) is 5.11 Å². The Labute approximate surface area is 120 Å². The van der Waals surface area contributed by atoms with Gasteiger partial charge in [-0.05, 0) is 45.2 Å². The largest absolute Gasteiger partial charge is 0.508 e. The topological polar surface area (TPSA) is 40.8 Å². The molecule has 3 heterocycles. The zero-order chi connectivity index (χ0) is 14.1. The van der Waals surface area contributed by atoms with Crippen molar-refractivity contribution in [2.24, 2.45) is 5.92 Å². The van der Waals surface area contributed by atoms with Crippen molar-refractivity contribution in [2.45, 2.75) is 39.2 Å². The predicted octanol–water partition coefficient (Wildman–Crippen LogP) is 2.70. The maximum Gasteiger partial charge on any atom is 0.119 e. The van der Waals surface area contributed by atoms with Crippen molar-refractivity contribution in [1.82, 2.24) is 14.3 Å². The molecule has 1 aliphatic rings. The fourth-order valence-corrected chi connectivity index (χ4v) is 3.19. The van der Waals surface area contributed by atoms with Crippen molar-refractivity contribution >= 4 is 5.52 Å². The molecule has 3 rings (SSSR count). The number of imidazole rings is 1. The number of hydrogen-bond acceptors (Lipinski definition) is 3. The van der Waals surface area contributed by atoms with Crippen LogP contribution < -0.4 is 0 Å². The van der Waals surface area contributed by atoms with Crippen LogP contribution in [0.15, 0.2) is 24.5 Å². The second kappa shape index (κ2) is 5.44. The number of likely N-dealkylation sites (tertiary alicyclic amines) is 1. The fourth-order valence-electron chi connectivity index (χ4n) is 3.19. The third-order valence-electron chi connectivity index (χ3n) is 4.34. The third-order valence-corrected chi connectivity index (χ3v) is 4.34. The Hall–Kier alpha value is -1.55.